The maximum absolute atomic E-state index is 12.1. The first-order valence-corrected chi connectivity index (χ1v) is 8.59. The van der Waals surface area contributed by atoms with Gasteiger partial charge in [0.1, 0.15) is 5.58 Å². The Bertz CT molecular complexity index is 988. The Kier molecular flexibility index (Phi) is 5.16. The predicted octanol–water partition coefficient (Wildman–Crippen LogP) is 3.57. The lowest BCUT2D eigenvalue weighted by Gasteiger charge is -2.06. The van der Waals surface area contributed by atoms with Crippen LogP contribution in [0, 0.1) is 6.92 Å². The molecule has 0 atom stereocenters. The number of hydrogen-bond donors (Lipinski definition) is 1. The summed E-state index contributed by atoms with van der Waals surface area (Å²) in [7, 11) is 0. The molecule has 0 fully saturated rings. The molecule has 1 amide bonds. The van der Waals surface area contributed by atoms with Crippen molar-refractivity contribution in [2.75, 3.05) is 5.32 Å². The van der Waals surface area contributed by atoms with Crippen LogP contribution in [0.1, 0.15) is 49.9 Å². The summed E-state index contributed by atoms with van der Waals surface area (Å²) < 4.78 is 10.4. The van der Waals surface area contributed by atoms with Crippen LogP contribution in [0.15, 0.2) is 38.0 Å². The van der Waals surface area contributed by atoms with E-state index in [1.165, 1.54) is 6.07 Å². The highest BCUT2D eigenvalue weighted by Gasteiger charge is 2.11. The molecule has 0 saturated heterocycles. The second kappa shape index (κ2) is 7.51. The third kappa shape index (κ3) is 4.17. The van der Waals surface area contributed by atoms with Gasteiger partial charge in [-0.05, 0) is 31.0 Å². The minimum atomic E-state index is -0.404. The van der Waals surface area contributed by atoms with E-state index in [0.29, 0.717) is 42.2 Å². The molecule has 0 bridgehead atoms. The van der Waals surface area contributed by atoms with E-state index in [1.807, 2.05) is 26.8 Å². The van der Waals surface area contributed by atoms with Crippen LogP contribution in [0.2, 0.25) is 0 Å². The highest BCUT2D eigenvalue weighted by molar-refractivity contribution is 5.93. The van der Waals surface area contributed by atoms with E-state index in [0.717, 1.165) is 10.9 Å². The Balaban J connectivity index is 1.57. The molecule has 26 heavy (non-hydrogen) atoms. The van der Waals surface area contributed by atoms with Crippen molar-refractivity contribution in [2.24, 2.45) is 0 Å². The number of anilines is 1. The van der Waals surface area contributed by atoms with E-state index in [9.17, 15) is 9.59 Å². The number of aromatic nitrogens is 2. The first-order valence-electron chi connectivity index (χ1n) is 8.59. The minimum Gasteiger partial charge on any atom is -0.423 e. The van der Waals surface area contributed by atoms with Crippen molar-refractivity contribution in [3.05, 3.63) is 52.0 Å². The maximum atomic E-state index is 12.1. The molecular weight excluding hydrogens is 334 g/mol. The van der Waals surface area contributed by atoms with Crippen molar-refractivity contribution in [3.8, 4) is 0 Å². The van der Waals surface area contributed by atoms with Crippen LogP contribution >= 0.6 is 0 Å². The highest BCUT2D eigenvalue weighted by Crippen LogP contribution is 2.21. The molecule has 0 saturated carbocycles. The van der Waals surface area contributed by atoms with E-state index >= 15 is 0 Å². The van der Waals surface area contributed by atoms with E-state index < -0.39 is 5.63 Å². The smallest absolute Gasteiger partial charge is 0.336 e. The first-order chi connectivity index (χ1) is 12.4. The molecule has 1 N–H and O–H groups in total. The Morgan fingerprint density at radius 1 is 1.27 bits per heavy atom. The fourth-order valence-corrected chi connectivity index (χ4v) is 2.63. The van der Waals surface area contributed by atoms with Gasteiger partial charge >= 0.3 is 5.63 Å². The summed E-state index contributed by atoms with van der Waals surface area (Å²) in [5.74, 6) is 1.32. The van der Waals surface area contributed by atoms with Crippen LogP contribution in [0.25, 0.3) is 11.0 Å². The Hall–Kier alpha value is -2.96. The van der Waals surface area contributed by atoms with Gasteiger partial charge in [-0.25, -0.2) is 4.79 Å². The van der Waals surface area contributed by atoms with Crippen LogP contribution in [-0.4, -0.2) is 16.0 Å². The molecule has 0 aliphatic heterocycles. The first kappa shape index (κ1) is 17.8. The molecular formula is C19H21N3O4. The quantitative estimate of drug-likeness (QED) is 0.679. The zero-order valence-electron chi connectivity index (χ0n) is 15.0. The van der Waals surface area contributed by atoms with Gasteiger partial charge in [0.25, 0.3) is 0 Å². The van der Waals surface area contributed by atoms with Crippen LogP contribution < -0.4 is 10.9 Å². The van der Waals surface area contributed by atoms with Gasteiger partial charge in [0.15, 0.2) is 5.82 Å². The molecule has 2 heterocycles. The molecule has 0 radical (unpaired) electrons. The average molecular weight is 355 g/mol. The molecule has 0 aliphatic carbocycles. The minimum absolute atomic E-state index is 0.122. The summed E-state index contributed by atoms with van der Waals surface area (Å²) in [6.45, 7) is 5.84. The lowest BCUT2D eigenvalue weighted by Crippen LogP contribution is -2.11. The Labute approximate surface area is 150 Å². The van der Waals surface area contributed by atoms with Crippen molar-refractivity contribution in [1.82, 2.24) is 10.1 Å². The summed E-state index contributed by atoms with van der Waals surface area (Å²) in [5.41, 5.74) is 1.49. The Morgan fingerprint density at radius 3 is 2.81 bits per heavy atom. The van der Waals surface area contributed by atoms with Gasteiger partial charge in [0.05, 0.1) is 0 Å². The number of fused-ring (bicyclic) bond motifs is 1. The third-order valence-corrected chi connectivity index (χ3v) is 4.03. The van der Waals surface area contributed by atoms with Crippen LogP contribution in [-0.2, 0) is 11.2 Å². The van der Waals surface area contributed by atoms with E-state index in [4.69, 9.17) is 8.94 Å². The number of amides is 1. The van der Waals surface area contributed by atoms with Gasteiger partial charge in [-0.3, -0.25) is 4.79 Å². The number of carbonyl (C=O) groups excluding carboxylic acids is 1. The molecule has 2 aromatic heterocycles. The summed E-state index contributed by atoms with van der Waals surface area (Å²) >= 11 is 0. The van der Waals surface area contributed by atoms with Gasteiger partial charge in [0.2, 0.25) is 11.8 Å². The number of carbonyl (C=O) groups is 1. The fraction of sp³-hybridized carbons (Fsp3) is 0.368. The van der Waals surface area contributed by atoms with Crippen molar-refractivity contribution in [3.63, 3.8) is 0 Å². The van der Waals surface area contributed by atoms with E-state index in [1.54, 1.807) is 12.1 Å². The van der Waals surface area contributed by atoms with Crippen LogP contribution in [0.4, 0.5) is 5.69 Å². The molecule has 3 aromatic rings. The number of nitrogens with one attached hydrogen (secondary N) is 1. The van der Waals surface area contributed by atoms with Crippen molar-refractivity contribution < 1.29 is 13.7 Å². The average Bonchev–Trinajstić information content (AvgIpc) is 3.03. The van der Waals surface area contributed by atoms with Crippen molar-refractivity contribution in [2.45, 2.75) is 46.0 Å². The van der Waals surface area contributed by atoms with E-state index in [-0.39, 0.29) is 11.8 Å². The SMILES string of the molecule is Cc1cc(=O)oc2cc(NC(=O)CCCc3nc(C(C)C)no3)ccc12. The molecule has 0 aliphatic rings. The Morgan fingerprint density at radius 2 is 2.08 bits per heavy atom. The lowest BCUT2D eigenvalue weighted by atomic mass is 10.1. The molecule has 0 spiro atoms. The number of aryl methyl sites for hydroxylation is 2. The molecule has 7 heteroatoms. The van der Waals surface area contributed by atoms with Gasteiger partial charge in [0, 0.05) is 42.0 Å². The van der Waals surface area contributed by atoms with Crippen LogP contribution in [0.5, 0.6) is 0 Å². The number of benzene rings is 1. The lowest BCUT2D eigenvalue weighted by molar-refractivity contribution is -0.116. The summed E-state index contributed by atoms with van der Waals surface area (Å²) in [6, 6.07) is 6.73. The zero-order chi connectivity index (χ0) is 18.7. The number of rotatable bonds is 6. The topological polar surface area (TPSA) is 98.2 Å². The van der Waals surface area contributed by atoms with Gasteiger partial charge in [-0.1, -0.05) is 19.0 Å². The van der Waals surface area contributed by atoms with Crippen molar-refractivity contribution in [1.29, 1.82) is 0 Å². The normalized spacial score (nSPS) is 11.2. The predicted molar refractivity (Wildman–Crippen MR) is 97.2 cm³/mol. The monoisotopic (exact) mass is 355 g/mol. The van der Waals surface area contributed by atoms with E-state index in [2.05, 4.69) is 15.5 Å². The number of hydrogen-bond acceptors (Lipinski definition) is 6. The summed E-state index contributed by atoms with van der Waals surface area (Å²) in [6.07, 6.45) is 1.49. The molecule has 1 aromatic carbocycles. The summed E-state index contributed by atoms with van der Waals surface area (Å²) in [5, 5.41) is 7.56. The van der Waals surface area contributed by atoms with Gasteiger partial charge < -0.3 is 14.3 Å². The van der Waals surface area contributed by atoms with Crippen LogP contribution in [0.3, 0.4) is 0 Å². The van der Waals surface area contributed by atoms with Crippen molar-refractivity contribution >= 4 is 22.6 Å². The second-order valence-electron chi connectivity index (χ2n) is 6.56. The van der Waals surface area contributed by atoms with Gasteiger partial charge in [-0.2, -0.15) is 4.98 Å². The van der Waals surface area contributed by atoms with Gasteiger partial charge in [-0.15, -0.1) is 0 Å². The molecule has 3 rings (SSSR count). The standard InChI is InChI=1S/C19H21N3O4/c1-11(2)19-21-17(26-22-19)6-4-5-16(23)20-13-7-8-14-12(3)9-18(24)25-15(14)10-13/h7-11H,4-6H2,1-3H3,(H,20,23). The summed E-state index contributed by atoms with van der Waals surface area (Å²) in [4.78, 5) is 27.9. The maximum Gasteiger partial charge on any atom is 0.336 e. The fourth-order valence-electron chi connectivity index (χ4n) is 2.63. The molecule has 0 unspecified atom stereocenters. The highest BCUT2D eigenvalue weighted by atomic mass is 16.5. The largest absolute Gasteiger partial charge is 0.423 e. The number of nitrogens with zero attached hydrogens (tertiary/aromatic N) is 2. The second-order valence-corrected chi connectivity index (χ2v) is 6.56. The zero-order valence-corrected chi connectivity index (χ0v) is 15.0. The third-order valence-electron chi connectivity index (χ3n) is 4.03. The molecule has 136 valence electrons. The molecule has 7 nitrogen and oxygen atoms in total.